The molecule has 1 unspecified atom stereocenters. The van der Waals surface area contributed by atoms with Crippen molar-refractivity contribution in [1.82, 2.24) is 5.32 Å². The van der Waals surface area contributed by atoms with Crippen molar-refractivity contribution in [2.45, 2.75) is 32.4 Å². The lowest BCUT2D eigenvalue weighted by atomic mass is 9.97. The summed E-state index contributed by atoms with van der Waals surface area (Å²) in [5.74, 6) is 0.790. The molecule has 0 saturated heterocycles. The summed E-state index contributed by atoms with van der Waals surface area (Å²) in [6.07, 6.45) is 1.99. The Labute approximate surface area is 125 Å². The number of halogens is 1. The maximum atomic E-state index is 12.9. The molecule has 1 heterocycles. The molecule has 1 N–H and O–H groups in total. The van der Waals surface area contributed by atoms with E-state index in [1.54, 1.807) is 0 Å². The number of ether oxygens (including phenoxy) is 1. The second-order valence-electron chi connectivity index (χ2n) is 5.42. The molecule has 0 bridgehead atoms. The van der Waals surface area contributed by atoms with Crippen LogP contribution >= 0.6 is 0 Å². The van der Waals surface area contributed by atoms with Crippen LogP contribution in [0.5, 0.6) is 5.75 Å². The van der Waals surface area contributed by atoms with Crippen LogP contribution < -0.4 is 10.1 Å². The zero-order chi connectivity index (χ0) is 14.7. The third-order valence-corrected chi connectivity index (χ3v) is 3.99. The molecular formula is C18H20FNO. The van der Waals surface area contributed by atoms with Crippen molar-refractivity contribution in [2.75, 3.05) is 6.61 Å². The molecule has 2 nitrogen and oxygen atoms in total. The molecule has 0 fully saturated rings. The Morgan fingerprint density at radius 1 is 1.14 bits per heavy atom. The molecular weight excluding hydrogens is 265 g/mol. The number of rotatable bonds is 4. The third-order valence-electron chi connectivity index (χ3n) is 3.99. The van der Waals surface area contributed by atoms with Gasteiger partial charge in [-0.25, -0.2) is 4.39 Å². The molecule has 0 aliphatic carbocycles. The van der Waals surface area contributed by atoms with Gasteiger partial charge in [-0.15, -0.1) is 0 Å². The highest BCUT2D eigenvalue weighted by molar-refractivity contribution is 5.41. The molecule has 0 saturated carbocycles. The Balaban J connectivity index is 1.73. The average Bonchev–Trinajstić information content (AvgIpc) is 2.54. The number of hydrogen-bond donors (Lipinski definition) is 1. The van der Waals surface area contributed by atoms with Crippen LogP contribution in [0.4, 0.5) is 4.39 Å². The van der Waals surface area contributed by atoms with Gasteiger partial charge < -0.3 is 10.1 Å². The van der Waals surface area contributed by atoms with Crippen LogP contribution in [0.3, 0.4) is 0 Å². The van der Waals surface area contributed by atoms with Crippen LogP contribution in [0.15, 0.2) is 42.5 Å². The lowest BCUT2D eigenvalue weighted by Crippen LogP contribution is -2.26. The second kappa shape index (κ2) is 6.27. The molecule has 3 rings (SSSR count). The van der Waals surface area contributed by atoms with E-state index < -0.39 is 0 Å². The van der Waals surface area contributed by atoms with Gasteiger partial charge in [-0.1, -0.05) is 31.2 Å². The third kappa shape index (κ3) is 3.24. The fourth-order valence-corrected chi connectivity index (χ4v) is 2.72. The molecule has 0 spiro atoms. The van der Waals surface area contributed by atoms with Gasteiger partial charge in [-0.3, -0.25) is 0 Å². The first-order valence-corrected chi connectivity index (χ1v) is 7.49. The van der Waals surface area contributed by atoms with Crippen molar-refractivity contribution in [2.24, 2.45) is 0 Å². The van der Waals surface area contributed by atoms with Crippen LogP contribution in [0.1, 0.15) is 36.1 Å². The van der Waals surface area contributed by atoms with E-state index in [4.69, 9.17) is 4.74 Å². The fraction of sp³-hybridized carbons (Fsp3) is 0.333. The summed E-state index contributed by atoms with van der Waals surface area (Å²) in [5, 5.41) is 3.56. The minimum absolute atomic E-state index is 0.192. The van der Waals surface area contributed by atoms with E-state index in [1.165, 1.54) is 23.3 Å². The summed E-state index contributed by atoms with van der Waals surface area (Å²) in [6.45, 7) is 3.63. The lowest BCUT2D eigenvalue weighted by molar-refractivity contribution is 0.252. The zero-order valence-electron chi connectivity index (χ0n) is 12.2. The van der Waals surface area contributed by atoms with Gasteiger partial charge in [-0.05, 0) is 35.7 Å². The Kier molecular flexibility index (Phi) is 4.20. The van der Waals surface area contributed by atoms with Gasteiger partial charge >= 0.3 is 0 Å². The highest BCUT2D eigenvalue weighted by Gasteiger charge is 2.21. The molecule has 2 aromatic rings. The summed E-state index contributed by atoms with van der Waals surface area (Å²) >= 11 is 0. The smallest absolute Gasteiger partial charge is 0.124 e. The number of aryl methyl sites for hydroxylation is 1. The first kappa shape index (κ1) is 14.1. The molecule has 0 aromatic heterocycles. The van der Waals surface area contributed by atoms with E-state index in [2.05, 4.69) is 30.4 Å². The van der Waals surface area contributed by atoms with Gasteiger partial charge in [0, 0.05) is 24.6 Å². The van der Waals surface area contributed by atoms with Gasteiger partial charge in [-0.2, -0.15) is 0 Å². The largest absolute Gasteiger partial charge is 0.493 e. The number of fused-ring (bicyclic) bond motifs is 1. The van der Waals surface area contributed by atoms with E-state index >= 15 is 0 Å². The molecule has 110 valence electrons. The minimum Gasteiger partial charge on any atom is -0.493 e. The summed E-state index contributed by atoms with van der Waals surface area (Å²) in [7, 11) is 0. The molecule has 0 radical (unpaired) electrons. The average molecular weight is 285 g/mol. The monoisotopic (exact) mass is 285 g/mol. The Bertz CT molecular complexity index is 609. The van der Waals surface area contributed by atoms with E-state index in [-0.39, 0.29) is 5.82 Å². The fourth-order valence-electron chi connectivity index (χ4n) is 2.72. The molecule has 1 atom stereocenters. The van der Waals surface area contributed by atoms with Crippen LogP contribution in [-0.4, -0.2) is 6.61 Å². The molecule has 3 heteroatoms. The summed E-state index contributed by atoms with van der Waals surface area (Å²) < 4.78 is 18.7. The Morgan fingerprint density at radius 2 is 1.90 bits per heavy atom. The van der Waals surface area contributed by atoms with Crippen molar-refractivity contribution in [1.29, 1.82) is 0 Å². The standard InChI is InChI=1S/C18H20FNO/c1-2-13-5-8-18-16(11-13)17(9-10-21-18)20-12-14-3-6-15(19)7-4-14/h3-8,11,17,20H,2,9-10,12H2,1H3. The van der Waals surface area contributed by atoms with Crippen molar-refractivity contribution in [3.8, 4) is 5.75 Å². The van der Waals surface area contributed by atoms with Gasteiger partial charge in [0.25, 0.3) is 0 Å². The summed E-state index contributed by atoms with van der Waals surface area (Å²) in [4.78, 5) is 0. The first-order chi connectivity index (χ1) is 10.3. The Morgan fingerprint density at radius 3 is 2.67 bits per heavy atom. The van der Waals surface area contributed by atoms with Gasteiger partial charge in [0.1, 0.15) is 11.6 Å². The summed E-state index contributed by atoms with van der Waals surface area (Å²) in [5.41, 5.74) is 3.66. The SMILES string of the molecule is CCc1ccc2c(c1)C(NCc1ccc(F)cc1)CCO2. The number of benzene rings is 2. The van der Waals surface area contributed by atoms with E-state index in [0.717, 1.165) is 37.3 Å². The molecule has 1 aliphatic heterocycles. The normalized spacial score (nSPS) is 17.1. The van der Waals surface area contributed by atoms with Crippen LogP contribution in [-0.2, 0) is 13.0 Å². The molecule has 1 aliphatic rings. The quantitative estimate of drug-likeness (QED) is 0.916. The van der Waals surface area contributed by atoms with E-state index in [1.807, 2.05) is 12.1 Å². The maximum absolute atomic E-state index is 12.9. The molecule has 0 amide bonds. The zero-order valence-corrected chi connectivity index (χ0v) is 12.2. The second-order valence-corrected chi connectivity index (χ2v) is 5.42. The van der Waals surface area contributed by atoms with Crippen LogP contribution in [0.2, 0.25) is 0 Å². The molecule has 21 heavy (non-hydrogen) atoms. The van der Waals surface area contributed by atoms with Crippen molar-refractivity contribution >= 4 is 0 Å². The van der Waals surface area contributed by atoms with Crippen molar-refractivity contribution in [3.63, 3.8) is 0 Å². The minimum atomic E-state index is -0.192. The van der Waals surface area contributed by atoms with Gasteiger partial charge in [0.15, 0.2) is 0 Å². The van der Waals surface area contributed by atoms with E-state index in [0.29, 0.717) is 6.04 Å². The van der Waals surface area contributed by atoms with Crippen molar-refractivity contribution < 1.29 is 9.13 Å². The highest BCUT2D eigenvalue weighted by atomic mass is 19.1. The van der Waals surface area contributed by atoms with Gasteiger partial charge in [0.2, 0.25) is 0 Å². The van der Waals surface area contributed by atoms with E-state index in [9.17, 15) is 4.39 Å². The molecule has 2 aromatic carbocycles. The Hall–Kier alpha value is -1.87. The predicted octanol–water partition coefficient (Wildman–Crippen LogP) is 4.00. The number of nitrogens with one attached hydrogen (secondary N) is 1. The summed E-state index contributed by atoms with van der Waals surface area (Å²) in [6, 6.07) is 13.4. The van der Waals surface area contributed by atoms with Crippen LogP contribution in [0, 0.1) is 5.82 Å². The maximum Gasteiger partial charge on any atom is 0.124 e. The van der Waals surface area contributed by atoms with Crippen molar-refractivity contribution in [3.05, 3.63) is 65.0 Å². The van der Waals surface area contributed by atoms with Crippen LogP contribution in [0.25, 0.3) is 0 Å². The number of hydrogen-bond acceptors (Lipinski definition) is 2. The topological polar surface area (TPSA) is 21.3 Å². The van der Waals surface area contributed by atoms with Gasteiger partial charge in [0.05, 0.1) is 6.61 Å². The predicted molar refractivity (Wildman–Crippen MR) is 81.9 cm³/mol. The highest BCUT2D eigenvalue weighted by Crippen LogP contribution is 2.33. The lowest BCUT2D eigenvalue weighted by Gasteiger charge is -2.27. The first-order valence-electron chi connectivity index (χ1n) is 7.49.